The van der Waals surface area contributed by atoms with E-state index in [-0.39, 0.29) is 18.0 Å². The molecule has 1 saturated heterocycles. The summed E-state index contributed by atoms with van der Waals surface area (Å²) in [4.78, 5) is 13.4. The molecule has 10 heteroatoms. The molecular formula is C28H25ClFN5O3. The van der Waals surface area contributed by atoms with E-state index in [9.17, 15) is 4.39 Å². The Labute approximate surface area is 223 Å². The third-order valence-electron chi connectivity index (χ3n) is 6.59. The molecule has 3 heterocycles. The molecule has 0 radical (unpaired) electrons. The number of halogens is 2. The lowest BCUT2D eigenvalue weighted by Crippen LogP contribution is -2.40. The van der Waals surface area contributed by atoms with Gasteiger partial charge >= 0.3 is 0 Å². The monoisotopic (exact) mass is 533 g/mol. The van der Waals surface area contributed by atoms with Crippen molar-refractivity contribution in [3.8, 4) is 5.75 Å². The SMILES string of the molecule is Fc1cccc(COc2ccc(Nc3ncnc4ccc(NC5=NCC6(CCOCC6)O5)cc34)cc2Cl)c1. The predicted molar refractivity (Wildman–Crippen MR) is 145 cm³/mol. The Hall–Kier alpha value is -3.95. The Morgan fingerprint density at radius 3 is 2.66 bits per heavy atom. The number of fused-ring (bicyclic) bond motifs is 1. The van der Waals surface area contributed by atoms with Gasteiger partial charge in [0.25, 0.3) is 6.02 Å². The van der Waals surface area contributed by atoms with Crippen molar-refractivity contribution >= 4 is 45.7 Å². The van der Waals surface area contributed by atoms with Crippen LogP contribution >= 0.6 is 11.6 Å². The third kappa shape index (κ3) is 5.34. The number of hydrogen-bond donors (Lipinski definition) is 2. The van der Waals surface area contributed by atoms with Gasteiger partial charge in [-0.25, -0.2) is 19.4 Å². The number of nitrogens with zero attached hydrogens (tertiary/aromatic N) is 3. The lowest BCUT2D eigenvalue weighted by molar-refractivity contribution is -0.0361. The summed E-state index contributed by atoms with van der Waals surface area (Å²) in [6.07, 6.45) is 3.17. The first-order valence-electron chi connectivity index (χ1n) is 12.3. The number of hydrogen-bond acceptors (Lipinski definition) is 8. The van der Waals surface area contributed by atoms with Crippen LogP contribution in [0.1, 0.15) is 18.4 Å². The molecule has 2 aliphatic rings. The minimum Gasteiger partial charge on any atom is -0.487 e. The molecule has 1 fully saturated rings. The van der Waals surface area contributed by atoms with E-state index in [1.54, 1.807) is 24.3 Å². The van der Waals surface area contributed by atoms with Gasteiger partial charge in [0.1, 0.15) is 35.9 Å². The summed E-state index contributed by atoms with van der Waals surface area (Å²) in [6, 6.07) is 18.0. The largest absolute Gasteiger partial charge is 0.487 e. The fourth-order valence-electron chi connectivity index (χ4n) is 4.53. The van der Waals surface area contributed by atoms with Crippen LogP contribution in [0.4, 0.5) is 21.6 Å². The van der Waals surface area contributed by atoms with E-state index in [4.69, 9.17) is 25.8 Å². The highest BCUT2D eigenvalue weighted by Crippen LogP contribution is 2.33. The van der Waals surface area contributed by atoms with Crippen LogP contribution in [0.2, 0.25) is 5.02 Å². The van der Waals surface area contributed by atoms with Gasteiger partial charge in [-0.3, -0.25) is 0 Å². The van der Waals surface area contributed by atoms with E-state index in [1.165, 1.54) is 18.5 Å². The van der Waals surface area contributed by atoms with Crippen LogP contribution < -0.4 is 15.4 Å². The molecule has 0 atom stereocenters. The van der Waals surface area contributed by atoms with E-state index in [0.29, 0.717) is 42.4 Å². The van der Waals surface area contributed by atoms with Gasteiger partial charge in [0.2, 0.25) is 0 Å². The lowest BCUT2D eigenvalue weighted by atomic mass is 9.95. The predicted octanol–water partition coefficient (Wildman–Crippen LogP) is 6.09. The Balaban J connectivity index is 1.16. The van der Waals surface area contributed by atoms with Crippen LogP contribution in [-0.2, 0) is 16.1 Å². The van der Waals surface area contributed by atoms with Gasteiger partial charge in [0, 0.05) is 29.6 Å². The highest BCUT2D eigenvalue weighted by atomic mass is 35.5. The van der Waals surface area contributed by atoms with Gasteiger partial charge < -0.3 is 24.8 Å². The van der Waals surface area contributed by atoms with E-state index in [0.717, 1.165) is 40.7 Å². The van der Waals surface area contributed by atoms with E-state index >= 15 is 0 Å². The van der Waals surface area contributed by atoms with Crippen molar-refractivity contribution in [3.05, 3.63) is 83.4 Å². The summed E-state index contributed by atoms with van der Waals surface area (Å²) in [6.45, 7) is 2.22. The Bertz CT molecular complexity index is 1510. The molecule has 8 nitrogen and oxygen atoms in total. The smallest absolute Gasteiger partial charge is 0.289 e. The first-order valence-corrected chi connectivity index (χ1v) is 12.7. The highest BCUT2D eigenvalue weighted by Gasteiger charge is 2.39. The minimum absolute atomic E-state index is 0.209. The Kier molecular flexibility index (Phi) is 6.70. The first kappa shape index (κ1) is 24.4. The van der Waals surface area contributed by atoms with Gasteiger partial charge in [0.05, 0.1) is 30.3 Å². The van der Waals surface area contributed by atoms with Crippen molar-refractivity contribution < 1.29 is 18.6 Å². The molecule has 0 saturated carbocycles. The van der Waals surface area contributed by atoms with Crippen LogP contribution in [0.5, 0.6) is 5.75 Å². The van der Waals surface area contributed by atoms with Crippen LogP contribution in [0.25, 0.3) is 10.9 Å². The third-order valence-corrected chi connectivity index (χ3v) is 6.89. The van der Waals surface area contributed by atoms with Crippen molar-refractivity contribution in [1.29, 1.82) is 0 Å². The van der Waals surface area contributed by atoms with Crippen LogP contribution in [-0.4, -0.2) is 41.3 Å². The molecule has 0 amide bonds. The van der Waals surface area contributed by atoms with E-state index in [2.05, 4.69) is 25.6 Å². The number of nitrogens with one attached hydrogen (secondary N) is 2. The number of benzene rings is 3. The first-order chi connectivity index (χ1) is 18.6. The van der Waals surface area contributed by atoms with Gasteiger partial charge in [-0.15, -0.1) is 0 Å². The molecule has 3 aromatic carbocycles. The summed E-state index contributed by atoms with van der Waals surface area (Å²) < 4.78 is 30.9. The molecule has 2 aliphatic heterocycles. The fraction of sp³-hybridized carbons (Fsp3) is 0.250. The minimum atomic E-state index is -0.306. The topological polar surface area (TPSA) is 89.9 Å². The van der Waals surface area contributed by atoms with Crippen molar-refractivity contribution in [3.63, 3.8) is 0 Å². The van der Waals surface area contributed by atoms with E-state index in [1.807, 2.05) is 24.3 Å². The standard InChI is InChI=1S/C28H25ClFN5O3/c29-23-14-21(5-7-25(23)37-15-18-2-1-3-19(30)12-18)34-26-22-13-20(4-6-24(22)32-17-33-26)35-27-31-16-28(38-27)8-10-36-11-9-28/h1-7,12-14,17H,8-11,15-16H2,(H,31,35)(H,32,33,34). The van der Waals surface area contributed by atoms with E-state index < -0.39 is 0 Å². The molecule has 2 N–H and O–H groups in total. The molecule has 194 valence electrons. The maximum Gasteiger partial charge on any atom is 0.289 e. The second kappa shape index (κ2) is 10.4. The van der Waals surface area contributed by atoms with Crippen molar-refractivity contribution in [2.45, 2.75) is 25.0 Å². The normalized spacial score (nSPS) is 16.2. The average molecular weight is 534 g/mol. The molecular weight excluding hydrogens is 509 g/mol. The highest BCUT2D eigenvalue weighted by molar-refractivity contribution is 6.32. The summed E-state index contributed by atoms with van der Waals surface area (Å²) in [5.41, 5.74) is 2.79. The Morgan fingerprint density at radius 2 is 1.82 bits per heavy atom. The maximum atomic E-state index is 13.4. The fourth-order valence-corrected chi connectivity index (χ4v) is 4.77. The van der Waals surface area contributed by atoms with Gasteiger partial charge in [-0.2, -0.15) is 0 Å². The molecule has 0 bridgehead atoms. The second-order valence-electron chi connectivity index (χ2n) is 9.29. The van der Waals surface area contributed by atoms with Gasteiger partial charge in [0.15, 0.2) is 0 Å². The maximum absolute atomic E-state index is 13.4. The number of amidine groups is 1. The molecule has 1 spiro atoms. The van der Waals surface area contributed by atoms with Crippen molar-refractivity contribution in [1.82, 2.24) is 9.97 Å². The molecule has 0 aliphatic carbocycles. The van der Waals surface area contributed by atoms with Gasteiger partial charge in [-0.05, 0) is 54.1 Å². The number of anilines is 3. The Morgan fingerprint density at radius 1 is 0.974 bits per heavy atom. The van der Waals surface area contributed by atoms with Crippen molar-refractivity contribution in [2.24, 2.45) is 4.99 Å². The molecule has 4 aromatic rings. The second-order valence-corrected chi connectivity index (χ2v) is 9.69. The molecule has 1 aromatic heterocycles. The quantitative estimate of drug-likeness (QED) is 0.310. The zero-order valence-electron chi connectivity index (χ0n) is 20.4. The average Bonchev–Trinajstić information content (AvgIpc) is 3.30. The summed E-state index contributed by atoms with van der Waals surface area (Å²) in [5, 5.41) is 7.85. The zero-order valence-corrected chi connectivity index (χ0v) is 21.2. The lowest BCUT2D eigenvalue weighted by Gasteiger charge is -2.31. The van der Waals surface area contributed by atoms with Gasteiger partial charge in [-0.1, -0.05) is 23.7 Å². The van der Waals surface area contributed by atoms with Crippen LogP contribution in [0.15, 0.2) is 72.0 Å². The summed E-state index contributed by atoms with van der Waals surface area (Å²) in [7, 11) is 0. The number of aliphatic imine (C=N–C) groups is 1. The molecule has 38 heavy (non-hydrogen) atoms. The number of aromatic nitrogens is 2. The van der Waals surface area contributed by atoms with Crippen LogP contribution in [0, 0.1) is 5.82 Å². The number of rotatable bonds is 6. The molecule has 0 unspecified atom stereocenters. The van der Waals surface area contributed by atoms with Crippen LogP contribution in [0.3, 0.4) is 0 Å². The summed E-state index contributed by atoms with van der Waals surface area (Å²) >= 11 is 6.48. The number of ether oxygens (including phenoxy) is 3. The van der Waals surface area contributed by atoms with Crippen molar-refractivity contribution in [2.75, 3.05) is 30.4 Å². The summed E-state index contributed by atoms with van der Waals surface area (Å²) in [5.74, 6) is 0.817. The molecule has 6 rings (SSSR count). The zero-order chi connectivity index (χ0) is 26.0.